The molecule has 0 aliphatic heterocycles. The maximum Gasteiger partial charge on any atom is 0.120 e. The molecule has 0 fully saturated rings. The standard InChI is InChI=1S/C11H16BrNOS/c1-15-6-2-5-13-8-9-7-10(12)3-4-11(9)14/h3-4,7,13-14H,2,5-6,8H2,1H3. The van der Waals surface area contributed by atoms with E-state index in [0.29, 0.717) is 5.75 Å². The molecule has 0 amide bonds. The largest absolute Gasteiger partial charge is 0.508 e. The van der Waals surface area contributed by atoms with Gasteiger partial charge in [0.1, 0.15) is 5.75 Å². The van der Waals surface area contributed by atoms with Crippen LogP contribution >= 0.6 is 27.7 Å². The smallest absolute Gasteiger partial charge is 0.120 e. The van der Waals surface area contributed by atoms with E-state index in [0.717, 1.165) is 29.5 Å². The topological polar surface area (TPSA) is 32.3 Å². The maximum atomic E-state index is 9.57. The highest BCUT2D eigenvalue weighted by atomic mass is 79.9. The van der Waals surface area contributed by atoms with E-state index in [1.165, 1.54) is 5.75 Å². The molecule has 0 aromatic heterocycles. The molecule has 0 saturated heterocycles. The molecule has 1 aromatic carbocycles. The molecule has 0 atom stereocenters. The second-order valence-corrected chi connectivity index (χ2v) is 5.20. The molecule has 1 rings (SSSR count). The summed E-state index contributed by atoms with van der Waals surface area (Å²) in [6.45, 7) is 1.71. The lowest BCUT2D eigenvalue weighted by Crippen LogP contribution is -2.15. The van der Waals surface area contributed by atoms with Crippen molar-refractivity contribution in [1.82, 2.24) is 5.32 Å². The normalized spacial score (nSPS) is 10.5. The molecule has 0 saturated carbocycles. The van der Waals surface area contributed by atoms with Gasteiger partial charge in [-0.25, -0.2) is 0 Å². The van der Waals surface area contributed by atoms with Gasteiger partial charge in [0.2, 0.25) is 0 Å². The Morgan fingerprint density at radius 1 is 1.47 bits per heavy atom. The minimum Gasteiger partial charge on any atom is -0.508 e. The van der Waals surface area contributed by atoms with E-state index in [-0.39, 0.29) is 0 Å². The summed E-state index contributed by atoms with van der Waals surface area (Å²) in [7, 11) is 0. The second kappa shape index (κ2) is 7.14. The lowest BCUT2D eigenvalue weighted by molar-refractivity contribution is 0.464. The summed E-state index contributed by atoms with van der Waals surface area (Å²) >= 11 is 5.24. The van der Waals surface area contributed by atoms with E-state index in [1.54, 1.807) is 6.07 Å². The molecule has 2 nitrogen and oxygen atoms in total. The first-order chi connectivity index (χ1) is 7.24. The summed E-state index contributed by atoms with van der Waals surface area (Å²) in [5.41, 5.74) is 0.938. The Bertz CT molecular complexity index is 307. The summed E-state index contributed by atoms with van der Waals surface area (Å²) in [5, 5.41) is 12.9. The fourth-order valence-electron chi connectivity index (χ4n) is 1.26. The third kappa shape index (κ3) is 4.91. The van der Waals surface area contributed by atoms with Crippen LogP contribution < -0.4 is 5.32 Å². The van der Waals surface area contributed by atoms with Crippen LogP contribution in [0.15, 0.2) is 22.7 Å². The molecule has 0 radical (unpaired) electrons. The number of halogens is 1. The van der Waals surface area contributed by atoms with Gasteiger partial charge in [0.05, 0.1) is 0 Å². The number of phenols is 1. The monoisotopic (exact) mass is 289 g/mol. The molecule has 15 heavy (non-hydrogen) atoms. The fourth-order valence-corrected chi connectivity index (χ4v) is 2.10. The minimum atomic E-state index is 0.357. The van der Waals surface area contributed by atoms with Crippen LogP contribution in [0, 0.1) is 0 Å². The van der Waals surface area contributed by atoms with E-state index in [4.69, 9.17) is 0 Å². The van der Waals surface area contributed by atoms with Crippen molar-refractivity contribution in [2.75, 3.05) is 18.6 Å². The van der Waals surface area contributed by atoms with Crippen LogP contribution in [0.1, 0.15) is 12.0 Å². The Hall–Kier alpha value is -0.190. The van der Waals surface area contributed by atoms with E-state index < -0.39 is 0 Å². The van der Waals surface area contributed by atoms with Crippen LogP contribution in [0.2, 0.25) is 0 Å². The van der Waals surface area contributed by atoms with E-state index >= 15 is 0 Å². The molecule has 0 aliphatic carbocycles. The van der Waals surface area contributed by atoms with Gasteiger partial charge in [0.25, 0.3) is 0 Å². The molecule has 0 unspecified atom stereocenters. The molecule has 0 bridgehead atoms. The number of rotatable bonds is 6. The molecule has 1 aromatic rings. The van der Waals surface area contributed by atoms with Gasteiger partial charge in [-0.1, -0.05) is 15.9 Å². The van der Waals surface area contributed by atoms with Crippen molar-refractivity contribution in [2.45, 2.75) is 13.0 Å². The summed E-state index contributed by atoms with van der Waals surface area (Å²) in [4.78, 5) is 0. The lowest BCUT2D eigenvalue weighted by Gasteiger charge is -2.06. The Balaban J connectivity index is 2.33. The van der Waals surface area contributed by atoms with Crippen molar-refractivity contribution in [3.63, 3.8) is 0 Å². The Labute approximate surface area is 104 Å². The van der Waals surface area contributed by atoms with Gasteiger partial charge in [-0.15, -0.1) is 0 Å². The van der Waals surface area contributed by atoms with Crippen LogP contribution in [0.5, 0.6) is 5.75 Å². The molecular formula is C11H16BrNOS. The number of benzene rings is 1. The van der Waals surface area contributed by atoms with Gasteiger partial charge in [0.15, 0.2) is 0 Å². The predicted octanol–water partition coefficient (Wildman–Crippen LogP) is 3.00. The molecule has 4 heteroatoms. The van der Waals surface area contributed by atoms with Gasteiger partial charge in [-0.3, -0.25) is 0 Å². The number of phenolic OH excluding ortho intramolecular Hbond substituents is 1. The predicted molar refractivity (Wildman–Crippen MR) is 70.5 cm³/mol. The van der Waals surface area contributed by atoms with Crippen molar-refractivity contribution in [2.24, 2.45) is 0 Å². The lowest BCUT2D eigenvalue weighted by atomic mass is 10.2. The number of aromatic hydroxyl groups is 1. The number of hydrogen-bond donors (Lipinski definition) is 2. The summed E-state index contributed by atoms with van der Waals surface area (Å²) in [6, 6.07) is 5.49. The molecule has 2 N–H and O–H groups in total. The third-order valence-electron chi connectivity index (χ3n) is 2.06. The second-order valence-electron chi connectivity index (χ2n) is 3.30. The first-order valence-electron chi connectivity index (χ1n) is 4.91. The summed E-state index contributed by atoms with van der Waals surface area (Å²) in [6.07, 6.45) is 3.27. The van der Waals surface area contributed by atoms with Crippen LogP contribution in [-0.2, 0) is 6.54 Å². The maximum absolute atomic E-state index is 9.57. The summed E-state index contributed by atoms with van der Waals surface area (Å²) in [5.74, 6) is 1.54. The Morgan fingerprint density at radius 2 is 2.27 bits per heavy atom. The highest BCUT2D eigenvalue weighted by Crippen LogP contribution is 2.21. The van der Waals surface area contributed by atoms with Crippen LogP contribution in [0.25, 0.3) is 0 Å². The average molecular weight is 290 g/mol. The van der Waals surface area contributed by atoms with Crippen LogP contribution in [-0.4, -0.2) is 23.7 Å². The average Bonchev–Trinajstić information content (AvgIpc) is 2.23. The highest BCUT2D eigenvalue weighted by molar-refractivity contribution is 9.10. The van der Waals surface area contributed by atoms with Crippen LogP contribution in [0.3, 0.4) is 0 Å². The quantitative estimate of drug-likeness (QED) is 0.790. The number of hydrogen-bond acceptors (Lipinski definition) is 3. The first-order valence-corrected chi connectivity index (χ1v) is 7.10. The Kier molecular flexibility index (Phi) is 6.13. The molecule has 84 valence electrons. The van der Waals surface area contributed by atoms with Gasteiger partial charge in [0, 0.05) is 16.6 Å². The molecular weight excluding hydrogens is 274 g/mol. The first kappa shape index (κ1) is 12.9. The zero-order valence-electron chi connectivity index (χ0n) is 8.79. The van der Waals surface area contributed by atoms with Crippen LogP contribution in [0.4, 0.5) is 0 Å². The SMILES string of the molecule is CSCCCNCc1cc(Br)ccc1O. The van der Waals surface area contributed by atoms with E-state index in [1.807, 2.05) is 23.9 Å². The minimum absolute atomic E-state index is 0.357. The van der Waals surface area contributed by atoms with E-state index in [9.17, 15) is 5.11 Å². The fraction of sp³-hybridized carbons (Fsp3) is 0.455. The number of thioether (sulfide) groups is 1. The Morgan fingerprint density at radius 3 is 3.00 bits per heavy atom. The van der Waals surface area contributed by atoms with Crippen molar-refractivity contribution in [3.8, 4) is 5.75 Å². The van der Waals surface area contributed by atoms with Crippen molar-refractivity contribution < 1.29 is 5.11 Å². The zero-order valence-corrected chi connectivity index (χ0v) is 11.2. The third-order valence-corrected chi connectivity index (χ3v) is 3.25. The van der Waals surface area contributed by atoms with Crippen molar-refractivity contribution >= 4 is 27.7 Å². The van der Waals surface area contributed by atoms with Gasteiger partial charge in [-0.05, 0) is 43.2 Å². The van der Waals surface area contributed by atoms with Gasteiger partial charge in [-0.2, -0.15) is 11.8 Å². The van der Waals surface area contributed by atoms with E-state index in [2.05, 4.69) is 27.5 Å². The van der Waals surface area contributed by atoms with Crippen molar-refractivity contribution in [3.05, 3.63) is 28.2 Å². The van der Waals surface area contributed by atoms with Gasteiger partial charge < -0.3 is 10.4 Å². The molecule has 0 heterocycles. The summed E-state index contributed by atoms with van der Waals surface area (Å²) < 4.78 is 1.00. The molecule has 0 aliphatic rings. The zero-order chi connectivity index (χ0) is 11.1. The van der Waals surface area contributed by atoms with Gasteiger partial charge >= 0.3 is 0 Å². The molecule has 0 spiro atoms. The highest BCUT2D eigenvalue weighted by Gasteiger charge is 2.00. The number of nitrogens with one attached hydrogen (secondary N) is 1. The van der Waals surface area contributed by atoms with Crippen molar-refractivity contribution in [1.29, 1.82) is 0 Å².